The highest BCUT2D eigenvalue weighted by molar-refractivity contribution is 5.25. The summed E-state index contributed by atoms with van der Waals surface area (Å²) >= 11 is 0. The zero-order chi connectivity index (χ0) is 8.97. The molecule has 0 aromatic heterocycles. The van der Waals surface area contributed by atoms with Crippen molar-refractivity contribution >= 4 is 0 Å². The average molecular weight is 165 g/mol. The Labute approximate surface area is 73.0 Å². The summed E-state index contributed by atoms with van der Waals surface area (Å²) in [5.74, 6) is 0. The van der Waals surface area contributed by atoms with Crippen molar-refractivity contribution in [3.63, 3.8) is 0 Å². The molecule has 0 radical (unpaired) electrons. The molecule has 0 bridgehead atoms. The molecule has 2 nitrogen and oxygen atoms in total. The van der Waals surface area contributed by atoms with Crippen molar-refractivity contribution in [3.05, 3.63) is 35.4 Å². The number of hydrogen-bond donors (Lipinski definition) is 2. The smallest absolute Gasteiger partial charge is 0.0912 e. The molecule has 0 aliphatic rings. The predicted octanol–water partition coefficient (Wildman–Crippen LogP) is 1.24. The maximum atomic E-state index is 9.42. The maximum Gasteiger partial charge on any atom is 0.0912 e. The van der Waals surface area contributed by atoms with Gasteiger partial charge in [-0.15, -0.1) is 0 Å². The van der Waals surface area contributed by atoms with E-state index in [-0.39, 0.29) is 6.54 Å². The van der Waals surface area contributed by atoms with Crippen molar-refractivity contribution < 1.29 is 5.11 Å². The summed E-state index contributed by atoms with van der Waals surface area (Å²) in [6.07, 6.45) is 0.474. The molecule has 1 atom stereocenters. The highest BCUT2D eigenvalue weighted by atomic mass is 16.3. The number of hydrogen-bond acceptors (Lipinski definition) is 2. The molecule has 0 amide bonds. The molecular formula is C10H15NO. The fourth-order valence-electron chi connectivity index (χ4n) is 1.16. The van der Waals surface area contributed by atoms with Gasteiger partial charge < -0.3 is 10.8 Å². The van der Waals surface area contributed by atoms with Crippen LogP contribution in [-0.4, -0.2) is 11.7 Å². The predicted molar refractivity (Wildman–Crippen MR) is 49.8 cm³/mol. The van der Waals surface area contributed by atoms with E-state index in [2.05, 4.69) is 6.92 Å². The Bertz CT molecular complexity index is 247. The average Bonchev–Trinajstić information content (AvgIpc) is 2.17. The van der Waals surface area contributed by atoms with E-state index in [0.717, 1.165) is 12.0 Å². The summed E-state index contributed by atoms with van der Waals surface area (Å²) in [4.78, 5) is 0. The summed E-state index contributed by atoms with van der Waals surface area (Å²) < 4.78 is 0. The van der Waals surface area contributed by atoms with E-state index in [4.69, 9.17) is 5.73 Å². The molecule has 0 fully saturated rings. The van der Waals surface area contributed by atoms with E-state index < -0.39 is 6.10 Å². The standard InChI is InChI=1S/C10H15NO/c1-2-8-4-3-5-9(6-8)10(12)7-11/h3-6,10,12H,2,7,11H2,1H3/t10-/m0/s1. The van der Waals surface area contributed by atoms with Gasteiger partial charge in [0.15, 0.2) is 0 Å². The van der Waals surface area contributed by atoms with E-state index >= 15 is 0 Å². The van der Waals surface area contributed by atoms with E-state index in [9.17, 15) is 5.11 Å². The zero-order valence-corrected chi connectivity index (χ0v) is 7.33. The van der Waals surface area contributed by atoms with Gasteiger partial charge in [-0.05, 0) is 17.5 Å². The van der Waals surface area contributed by atoms with Crippen molar-refractivity contribution in [2.24, 2.45) is 5.73 Å². The van der Waals surface area contributed by atoms with Crippen LogP contribution in [0.15, 0.2) is 24.3 Å². The van der Waals surface area contributed by atoms with Crippen LogP contribution in [0.1, 0.15) is 24.2 Å². The van der Waals surface area contributed by atoms with Crippen LogP contribution >= 0.6 is 0 Å². The van der Waals surface area contributed by atoms with Crippen LogP contribution < -0.4 is 5.73 Å². The number of aryl methyl sites for hydroxylation is 1. The topological polar surface area (TPSA) is 46.2 Å². The first kappa shape index (κ1) is 9.23. The van der Waals surface area contributed by atoms with E-state index in [0.29, 0.717) is 0 Å². The third kappa shape index (κ3) is 2.06. The lowest BCUT2D eigenvalue weighted by molar-refractivity contribution is 0.186. The second kappa shape index (κ2) is 4.24. The van der Waals surface area contributed by atoms with Gasteiger partial charge in [0.2, 0.25) is 0 Å². The molecular weight excluding hydrogens is 150 g/mol. The molecule has 0 saturated carbocycles. The molecule has 3 N–H and O–H groups in total. The quantitative estimate of drug-likeness (QED) is 0.708. The van der Waals surface area contributed by atoms with Crippen molar-refractivity contribution in [1.29, 1.82) is 0 Å². The highest BCUT2D eigenvalue weighted by Crippen LogP contribution is 2.13. The lowest BCUT2D eigenvalue weighted by Crippen LogP contribution is -2.11. The van der Waals surface area contributed by atoms with Gasteiger partial charge >= 0.3 is 0 Å². The minimum atomic E-state index is -0.517. The monoisotopic (exact) mass is 165 g/mol. The molecule has 0 aliphatic heterocycles. The van der Waals surface area contributed by atoms with Gasteiger partial charge in [0.05, 0.1) is 6.10 Å². The van der Waals surface area contributed by atoms with Crippen LogP contribution in [0.4, 0.5) is 0 Å². The second-order valence-corrected chi connectivity index (χ2v) is 2.85. The Morgan fingerprint density at radius 3 is 2.83 bits per heavy atom. The van der Waals surface area contributed by atoms with Crippen LogP contribution in [0.5, 0.6) is 0 Å². The first-order chi connectivity index (χ1) is 5.77. The van der Waals surface area contributed by atoms with E-state index in [1.165, 1.54) is 5.56 Å². The van der Waals surface area contributed by atoms with Crippen LogP contribution in [0.3, 0.4) is 0 Å². The van der Waals surface area contributed by atoms with Crippen molar-refractivity contribution in [2.45, 2.75) is 19.4 Å². The molecule has 1 aromatic carbocycles. The fourth-order valence-corrected chi connectivity index (χ4v) is 1.16. The third-order valence-corrected chi connectivity index (χ3v) is 1.97. The van der Waals surface area contributed by atoms with E-state index in [1.54, 1.807) is 0 Å². The van der Waals surface area contributed by atoms with Crippen molar-refractivity contribution in [2.75, 3.05) is 6.54 Å². The minimum Gasteiger partial charge on any atom is -0.387 e. The highest BCUT2D eigenvalue weighted by Gasteiger charge is 2.03. The van der Waals surface area contributed by atoms with E-state index in [1.807, 2.05) is 24.3 Å². The molecule has 0 spiro atoms. The normalized spacial score (nSPS) is 12.9. The number of benzene rings is 1. The lowest BCUT2D eigenvalue weighted by Gasteiger charge is -2.08. The van der Waals surface area contributed by atoms with Gasteiger partial charge in [0.25, 0.3) is 0 Å². The Balaban J connectivity index is 2.86. The second-order valence-electron chi connectivity index (χ2n) is 2.85. The van der Waals surface area contributed by atoms with Gasteiger partial charge in [0.1, 0.15) is 0 Å². The Morgan fingerprint density at radius 1 is 1.50 bits per heavy atom. The Kier molecular flexibility index (Phi) is 3.26. The van der Waals surface area contributed by atoms with Gasteiger partial charge in [-0.25, -0.2) is 0 Å². The molecule has 0 unspecified atom stereocenters. The molecule has 0 saturated heterocycles. The minimum absolute atomic E-state index is 0.285. The maximum absolute atomic E-state index is 9.42. The first-order valence-corrected chi connectivity index (χ1v) is 4.25. The van der Waals surface area contributed by atoms with Gasteiger partial charge in [-0.1, -0.05) is 31.2 Å². The summed E-state index contributed by atoms with van der Waals surface area (Å²) in [6.45, 7) is 2.38. The largest absolute Gasteiger partial charge is 0.387 e. The van der Waals surface area contributed by atoms with Crippen LogP contribution in [0, 0.1) is 0 Å². The summed E-state index contributed by atoms with van der Waals surface area (Å²) in [7, 11) is 0. The third-order valence-electron chi connectivity index (χ3n) is 1.97. The first-order valence-electron chi connectivity index (χ1n) is 4.25. The Hall–Kier alpha value is -0.860. The number of nitrogens with two attached hydrogens (primary N) is 1. The number of rotatable bonds is 3. The zero-order valence-electron chi connectivity index (χ0n) is 7.33. The van der Waals surface area contributed by atoms with Gasteiger partial charge in [-0.2, -0.15) is 0 Å². The molecule has 1 rings (SSSR count). The SMILES string of the molecule is CCc1cccc([C@@H](O)CN)c1. The molecule has 12 heavy (non-hydrogen) atoms. The van der Waals surface area contributed by atoms with Gasteiger partial charge in [-0.3, -0.25) is 0 Å². The number of aliphatic hydroxyl groups excluding tert-OH is 1. The summed E-state index contributed by atoms with van der Waals surface area (Å²) in [5, 5.41) is 9.42. The molecule has 66 valence electrons. The molecule has 2 heteroatoms. The summed E-state index contributed by atoms with van der Waals surface area (Å²) in [5.41, 5.74) is 7.50. The molecule has 1 aromatic rings. The van der Waals surface area contributed by atoms with Crippen LogP contribution in [-0.2, 0) is 6.42 Å². The van der Waals surface area contributed by atoms with Gasteiger partial charge in [0, 0.05) is 6.54 Å². The van der Waals surface area contributed by atoms with Crippen molar-refractivity contribution in [1.82, 2.24) is 0 Å². The molecule has 0 heterocycles. The summed E-state index contributed by atoms with van der Waals surface area (Å²) in [6, 6.07) is 7.90. The number of aliphatic hydroxyl groups is 1. The molecule has 0 aliphatic carbocycles. The van der Waals surface area contributed by atoms with Crippen molar-refractivity contribution in [3.8, 4) is 0 Å². The van der Waals surface area contributed by atoms with Crippen LogP contribution in [0.25, 0.3) is 0 Å². The fraction of sp³-hybridized carbons (Fsp3) is 0.400. The lowest BCUT2D eigenvalue weighted by atomic mass is 10.0. The Morgan fingerprint density at radius 2 is 2.25 bits per heavy atom. The van der Waals surface area contributed by atoms with Crippen LogP contribution in [0.2, 0.25) is 0 Å².